The fourth-order valence-corrected chi connectivity index (χ4v) is 6.22. The molecule has 0 fully saturated rings. The van der Waals surface area contributed by atoms with Crippen LogP contribution in [-0.4, -0.2) is 11.3 Å². The summed E-state index contributed by atoms with van der Waals surface area (Å²) < 4.78 is 2.51. The van der Waals surface area contributed by atoms with E-state index in [1.165, 1.54) is 69.7 Å². The Morgan fingerprint density at radius 2 is 1.34 bits per heavy atom. The molecular weight excluding hydrogens is 385 g/mol. The molecule has 1 nitrogen and oxygen atoms in total. The lowest BCUT2D eigenvalue weighted by molar-refractivity contribution is 0.735. The van der Waals surface area contributed by atoms with E-state index in [0.717, 1.165) is 0 Å². The molecule has 32 heavy (non-hydrogen) atoms. The van der Waals surface area contributed by atoms with Crippen molar-refractivity contribution in [2.24, 2.45) is 0 Å². The first-order valence-electron chi connectivity index (χ1n) is 11.8. The monoisotopic (exact) mass is 409 g/mol. The molecule has 7 rings (SSSR count). The number of para-hydroxylation sites is 2. The minimum absolute atomic E-state index is 0.396. The summed E-state index contributed by atoms with van der Waals surface area (Å²) in [4.78, 5) is 0. The van der Waals surface area contributed by atoms with Crippen LogP contribution >= 0.6 is 0 Å². The molecule has 0 bridgehead atoms. The molecule has 1 aromatic heterocycles. The number of aromatic nitrogens is 1. The zero-order valence-corrected chi connectivity index (χ0v) is 18.1. The molecule has 0 amide bonds. The lowest BCUT2D eigenvalue weighted by Crippen LogP contribution is -2.42. The zero-order chi connectivity index (χ0) is 21.1. The van der Waals surface area contributed by atoms with E-state index in [2.05, 4.69) is 102 Å². The predicted octanol–water partition coefficient (Wildman–Crippen LogP) is 6.27. The Labute approximate surface area is 189 Å². The average molecular weight is 409 g/mol. The summed E-state index contributed by atoms with van der Waals surface area (Å²) in [6.07, 6.45) is 5.01. The zero-order valence-electron chi connectivity index (χ0n) is 18.1. The van der Waals surface area contributed by atoms with Gasteiger partial charge in [0.1, 0.15) is 0 Å². The summed E-state index contributed by atoms with van der Waals surface area (Å²) in [6.45, 7) is 0.396. The van der Waals surface area contributed by atoms with Crippen molar-refractivity contribution in [1.82, 2.24) is 4.57 Å². The van der Waals surface area contributed by atoms with E-state index in [4.69, 9.17) is 0 Å². The van der Waals surface area contributed by atoms with Gasteiger partial charge < -0.3 is 4.57 Å². The van der Waals surface area contributed by atoms with Gasteiger partial charge in [0, 0.05) is 16.5 Å². The van der Waals surface area contributed by atoms with Gasteiger partial charge in [-0.25, -0.2) is 0 Å². The van der Waals surface area contributed by atoms with Crippen molar-refractivity contribution in [1.29, 1.82) is 0 Å². The first-order chi connectivity index (χ1) is 15.9. The number of nitrogens with zero attached hydrogens (tertiary/aromatic N) is 1. The van der Waals surface area contributed by atoms with E-state index >= 15 is 0 Å². The van der Waals surface area contributed by atoms with Gasteiger partial charge >= 0.3 is 0 Å². The van der Waals surface area contributed by atoms with E-state index in [1.54, 1.807) is 11.0 Å². The molecule has 1 aliphatic carbocycles. The van der Waals surface area contributed by atoms with Crippen LogP contribution in [0.25, 0.3) is 33.1 Å². The molecule has 1 aliphatic heterocycles. The fraction of sp³-hybridized carbons (Fsp3) is 0.133. The second-order valence-electron chi connectivity index (χ2n) is 9.17. The first kappa shape index (κ1) is 18.1. The van der Waals surface area contributed by atoms with Gasteiger partial charge in [0.05, 0.1) is 11.0 Å². The molecule has 0 spiro atoms. The number of rotatable bonds is 2. The third-order valence-corrected chi connectivity index (χ3v) is 7.49. The number of allylic oxidation sites excluding steroid dienone is 2. The summed E-state index contributed by atoms with van der Waals surface area (Å²) in [5, 5.41) is 2.71. The van der Waals surface area contributed by atoms with Crippen molar-refractivity contribution < 1.29 is 0 Å². The summed E-state index contributed by atoms with van der Waals surface area (Å²) in [6, 6.07) is 35.7. The van der Waals surface area contributed by atoms with E-state index in [1.807, 2.05) is 0 Å². The number of hydrogen-bond acceptors (Lipinski definition) is 0. The molecule has 0 radical (unpaired) electrons. The second-order valence-corrected chi connectivity index (χ2v) is 9.17. The van der Waals surface area contributed by atoms with Gasteiger partial charge in [0.25, 0.3) is 0 Å². The minimum atomic E-state index is 0.396. The van der Waals surface area contributed by atoms with Crippen LogP contribution in [0.4, 0.5) is 0 Å². The summed E-state index contributed by atoms with van der Waals surface area (Å²) in [5.74, 6) is 0. The van der Waals surface area contributed by atoms with Crippen molar-refractivity contribution in [3.63, 3.8) is 0 Å². The second kappa shape index (κ2) is 7.00. The largest absolute Gasteiger partial charge is 0.309 e. The van der Waals surface area contributed by atoms with Crippen LogP contribution < -0.4 is 10.9 Å². The van der Waals surface area contributed by atoms with Crippen LogP contribution in [0.2, 0.25) is 0 Å². The van der Waals surface area contributed by atoms with Crippen LogP contribution in [0.15, 0.2) is 103 Å². The summed E-state index contributed by atoms with van der Waals surface area (Å²) >= 11 is 0. The summed E-state index contributed by atoms with van der Waals surface area (Å²) in [7, 11) is 0. The lowest BCUT2D eigenvalue weighted by atomic mass is 9.37. The molecule has 2 aliphatic rings. The molecule has 2 heterocycles. The van der Waals surface area contributed by atoms with Crippen molar-refractivity contribution >= 4 is 45.0 Å². The van der Waals surface area contributed by atoms with E-state index in [-0.39, 0.29) is 0 Å². The predicted molar refractivity (Wildman–Crippen MR) is 138 cm³/mol. The highest BCUT2D eigenvalue weighted by Crippen LogP contribution is 2.43. The first-order valence-corrected chi connectivity index (χ1v) is 11.8. The van der Waals surface area contributed by atoms with Crippen molar-refractivity contribution in [3.05, 3.63) is 108 Å². The Morgan fingerprint density at radius 3 is 2.19 bits per heavy atom. The van der Waals surface area contributed by atoms with Crippen molar-refractivity contribution in [2.75, 3.05) is 0 Å². The Kier molecular flexibility index (Phi) is 3.96. The SMILES string of the molecule is c1ccc(B2C3=C(CCCC3)c3c2ccc2c4ccccc4n(-c4ccccc4)c32)cc1. The third kappa shape index (κ3) is 2.47. The van der Waals surface area contributed by atoms with E-state index < -0.39 is 0 Å². The van der Waals surface area contributed by atoms with Crippen LogP contribution in [0.1, 0.15) is 31.2 Å². The Morgan fingerprint density at radius 1 is 0.625 bits per heavy atom. The Hall–Kier alpha value is -3.52. The van der Waals surface area contributed by atoms with E-state index in [0.29, 0.717) is 6.71 Å². The molecule has 0 N–H and O–H groups in total. The van der Waals surface area contributed by atoms with Gasteiger partial charge in [0.15, 0.2) is 0 Å². The van der Waals surface area contributed by atoms with Gasteiger partial charge in [-0.2, -0.15) is 0 Å². The van der Waals surface area contributed by atoms with Crippen LogP contribution in [0.3, 0.4) is 0 Å². The van der Waals surface area contributed by atoms with Crippen LogP contribution in [-0.2, 0) is 0 Å². The smallest absolute Gasteiger partial charge is 0.238 e. The number of hydrogen-bond donors (Lipinski definition) is 0. The van der Waals surface area contributed by atoms with Crippen molar-refractivity contribution in [2.45, 2.75) is 25.7 Å². The Bertz CT molecular complexity index is 1510. The maximum atomic E-state index is 2.51. The standard InChI is InChI=1S/C30H24BN/c1-3-11-21(12-4-1)31-26-17-9-7-16-25(26)29-27(31)20-19-24-23-15-8-10-18-28(23)32(30(24)29)22-13-5-2-6-14-22/h1-6,8,10-15,18-20H,7,9,16-17H2. The molecule has 0 atom stereocenters. The van der Waals surface area contributed by atoms with Gasteiger partial charge in [-0.15, -0.1) is 0 Å². The quantitative estimate of drug-likeness (QED) is 0.303. The van der Waals surface area contributed by atoms with Gasteiger partial charge in [-0.05, 0) is 55.0 Å². The van der Waals surface area contributed by atoms with Crippen LogP contribution in [0.5, 0.6) is 0 Å². The van der Waals surface area contributed by atoms with Gasteiger partial charge in [-0.1, -0.05) is 95.3 Å². The third-order valence-electron chi connectivity index (χ3n) is 7.49. The molecule has 0 unspecified atom stereocenters. The maximum absolute atomic E-state index is 2.51. The molecular formula is C30H24BN. The highest BCUT2D eigenvalue weighted by atomic mass is 15.0. The topological polar surface area (TPSA) is 4.93 Å². The fourth-order valence-electron chi connectivity index (χ4n) is 6.22. The molecule has 0 saturated heterocycles. The number of fused-ring (bicyclic) bond motifs is 6. The molecule has 5 aromatic rings. The normalized spacial score (nSPS) is 15.4. The van der Waals surface area contributed by atoms with E-state index in [9.17, 15) is 0 Å². The molecule has 2 heteroatoms. The minimum Gasteiger partial charge on any atom is -0.309 e. The highest BCUT2D eigenvalue weighted by molar-refractivity contribution is 6.94. The van der Waals surface area contributed by atoms with Gasteiger partial charge in [0.2, 0.25) is 6.71 Å². The highest BCUT2D eigenvalue weighted by Gasteiger charge is 2.38. The number of benzene rings is 4. The summed E-state index contributed by atoms with van der Waals surface area (Å²) in [5.41, 5.74) is 11.6. The average Bonchev–Trinajstić information content (AvgIpc) is 3.38. The maximum Gasteiger partial charge on any atom is 0.238 e. The lowest BCUT2D eigenvalue weighted by Gasteiger charge is -2.18. The molecule has 152 valence electrons. The van der Waals surface area contributed by atoms with Crippen LogP contribution in [0, 0.1) is 0 Å². The molecule has 4 aromatic carbocycles. The Balaban J connectivity index is 1.64. The molecule has 0 saturated carbocycles. The van der Waals surface area contributed by atoms with Gasteiger partial charge in [-0.3, -0.25) is 0 Å². The van der Waals surface area contributed by atoms with Crippen molar-refractivity contribution in [3.8, 4) is 5.69 Å².